The fourth-order valence-corrected chi connectivity index (χ4v) is 3.07. The van der Waals surface area contributed by atoms with Gasteiger partial charge in [0.25, 0.3) is 5.91 Å². The van der Waals surface area contributed by atoms with Crippen LogP contribution in [0.2, 0.25) is 0 Å². The van der Waals surface area contributed by atoms with Gasteiger partial charge in [-0.2, -0.15) is 0 Å². The molecule has 1 heterocycles. The van der Waals surface area contributed by atoms with Crippen LogP contribution in [0.1, 0.15) is 36.7 Å². The fraction of sp³-hybridized carbons (Fsp3) is 0.280. The minimum atomic E-state index is -0.336. The Balaban J connectivity index is 1.70. The first-order valence-corrected chi connectivity index (χ1v) is 10.1. The first kappa shape index (κ1) is 22.9. The van der Waals surface area contributed by atoms with Crippen molar-refractivity contribution in [1.29, 1.82) is 0 Å². The lowest BCUT2D eigenvalue weighted by Gasteiger charge is -2.19. The van der Waals surface area contributed by atoms with Crippen LogP contribution in [0.4, 0.5) is 5.69 Å². The number of hydrogen-bond acceptors (Lipinski definition) is 6. The number of carbonyl (C=O) groups excluding carboxylic acids is 1. The highest BCUT2D eigenvalue weighted by Crippen LogP contribution is 2.38. The summed E-state index contributed by atoms with van der Waals surface area (Å²) in [6.07, 6.45) is 1.54. The normalized spacial score (nSPS) is 10.9. The van der Waals surface area contributed by atoms with Crippen molar-refractivity contribution < 1.29 is 23.7 Å². The van der Waals surface area contributed by atoms with Gasteiger partial charge in [-0.1, -0.05) is 32.9 Å². The lowest BCUT2D eigenvalue weighted by molar-refractivity contribution is 0.102. The van der Waals surface area contributed by atoms with E-state index >= 15 is 0 Å². The number of rotatable bonds is 7. The van der Waals surface area contributed by atoms with Gasteiger partial charge in [-0.15, -0.1) is 0 Å². The minimum Gasteiger partial charge on any atom is -0.493 e. The maximum atomic E-state index is 12.7. The van der Waals surface area contributed by atoms with Gasteiger partial charge in [0.1, 0.15) is 5.75 Å². The van der Waals surface area contributed by atoms with Crippen LogP contribution in [-0.4, -0.2) is 32.2 Å². The number of benzene rings is 2. The molecule has 0 radical (unpaired) electrons. The first-order valence-electron chi connectivity index (χ1n) is 10.1. The van der Waals surface area contributed by atoms with Crippen LogP contribution in [0, 0.1) is 0 Å². The molecule has 1 N–H and O–H groups in total. The smallest absolute Gasteiger partial charge is 0.255 e. The van der Waals surface area contributed by atoms with Crippen LogP contribution in [0.3, 0.4) is 0 Å². The van der Waals surface area contributed by atoms with Crippen LogP contribution in [0.15, 0.2) is 54.7 Å². The van der Waals surface area contributed by atoms with Crippen molar-refractivity contribution in [3.8, 4) is 28.9 Å². The number of aromatic nitrogens is 1. The second kappa shape index (κ2) is 9.60. The van der Waals surface area contributed by atoms with Crippen molar-refractivity contribution in [2.45, 2.75) is 26.2 Å². The minimum absolute atomic E-state index is 0.0779. The van der Waals surface area contributed by atoms with Gasteiger partial charge < -0.3 is 24.3 Å². The highest BCUT2D eigenvalue weighted by Gasteiger charge is 2.17. The van der Waals surface area contributed by atoms with Crippen molar-refractivity contribution in [3.63, 3.8) is 0 Å². The quantitative estimate of drug-likeness (QED) is 0.531. The summed E-state index contributed by atoms with van der Waals surface area (Å²) in [5.74, 6) is 2.01. The number of anilines is 1. The van der Waals surface area contributed by atoms with Gasteiger partial charge in [-0.25, -0.2) is 4.98 Å². The lowest BCUT2D eigenvalue weighted by atomic mass is 9.87. The summed E-state index contributed by atoms with van der Waals surface area (Å²) in [6.45, 7) is 6.49. The van der Waals surface area contributed by atoms with Gasteiger partial charge in [0.15, 0.2) is 11.5 Å². The van der Waals surface area contributed by atoms with E-state index in [1.54, 1.807) is 24.3 Å². The summed E-state index contributed by atoms with van der Waals surface area (Å²) < 4.78 is 21.7. The number of ether oxygens (including phenoxy) is 4. The van der Waals surface area contributed by atoms with E-state index in [2.05, 4.69) is 31.1 Å². The molecular formula is C25H28N2O5. The summed E-state index contributed by atoms with van der Waals surface area (Å²) in [5, 5.41) is 2.80. The summed E-state index contributed by atoms with van der Waals surface area (Å²) in [6, 6.07) is 14.5. The third kappa shape index (κ3) is 5.29. The molecule has 0 atom stereocenters. The third-order valence-corrected chi connectivity index (χ3v) is 4.86. The molecule has 32 heavy (non-hydrogen) atoms. The van der Waals surface area contributed by atoms with Gasteiger partial charge >= 0.3 is 0 Å². The largest absolute Gasteiger partial charge is 0.493 e. The molecule has 0 unspecified atom stereocenters. The Morgan fingerprint density at radius 2 is 1.50 bits per heavy atom. The molecule has 0 saturated heterocycles. The second-order valence-corrected chi connectivity index (χ2v) is 8.13. The molecule has 7 heteroatoms. The molecule has 7 nitrogen and oxygen atoms in total. The molecule has 2 aromatic carbocycles. The van der Waals surface area contributed by atoms with E-state index in [4.69, 9.17) is 18.9 Å². The standard InChI is InChI=1S/C25H28N2O5/c1-25(2,3)17-7-10-19(11-8-17)32-22-12-9-18(15-26-22)27-24(28)16-13-20(29-4)23(31-6)21(14-16)30-5/h7-15H,1-6H3,(H,27,28). The monoisotopic (exact) mass is 436 g/mol. The molecule has 0 saturated carbocycles. The number of nitrogens with one attached hydrogen (secondary N) is 1. The number of methoxy groups -OCH3 is 3. The molecule has 0 spiro atoms. The number of hydrogen-bond donors (Lipinski definition) is 1. The van der Waals surface area contributed by atoms with Crippen LogP contribution in [0.5, 0.6) is 28.9 Å². The van der Waals surface area contributed by atoms with Crippen LogP contribution in [0.25, 0.3) is 0 Å². The van der Waals surface area contributed by atoms with E-state index in [1.165, 1.54) is 33.1 Å². The number of nitrogens with zero attached hydrogens (tertiary/aromatic N) is 1. The van der Waals surface area contributed by atoms with E-state index in [1.807, 2.05) is 24.3 Å². The van der Waals surface area contributed by atoms with E-state index in [0.29, 0.717) is 40.1 Å². The molecule has 1 aromatic heterocycles. The first-order chi connectivity index (χ1) is 15.2. The number of carbonyl (C=O) groups is 1. The number of pyridine rings is 1. The summed E-state index contributed by atoms with van der Waals surface area (Å²) in [7, 11) is 4.50. The average Bonchev–Trinajstić information content (AvgIpc) is 2.79. The third-order valence-electron chi connectivity index (χ3n) is 4.86. The van der Waals surface area contributed by atoms with Gasteiger partial charge in [-0.05, 0) is 41.3 Å². The molecule has 0 aliphatic rings. The highest BCUT2D eigenvalue weighted by molar-refractivity contribution is 6.05. The molecule has 0 fully saturated rings. The summed E-state index contributed by atoms with van der Waals surface area (Å²) in [5.41, 5.74) is 2.19. The second-order valence-electron chi connectivity index (χ2n) is 8.13. The Labute approximate surface area is 188 Å². The molecule has 3 rings (SSSR count). The molecule has 0 aliphatic carbocycles. The topological polar surface area (TPSA) is 78.9 Å². The van der Waals surface area contributed by atoms with Gasteiger partial charge in [0.05, 0.1) is 33.2 Å². The molecule has 0 bridgehead atoms. The molecule has 1 amide bonds. The van der Waals surface area contributed by atoms with Crippen molar-refractivity contribution in [1.82, 2.24) is 4.98 Å². The zero-order chi connectivity index (χ0) is 23.3. The Hall–Kier alpha value is -3.74. The molecule has 3 aromatic rings. The lowest BCUT2D eigenvalue weighted by Crippen LogP contribution is -2.13. The van der Waals surface area contributed by atoms with Crippen molar-refractivity contribution in [2.75, 3.05) is 26.6 Å². The Bertz CT molecular complexity index is 1050. The number of amides is 1. The van der Waals surface area contributed by atoms with E-state index in [0.717, 1.165) is 0 Å². The summed E-state index contributed by atoms with van der Waals surface area (Å²) in [4.78, 5) is 17.0. The predicted octanol–water partition coefficient (Wildman–Crippen LogP) is 5.45. The Morgan fingerprint density at radius 1 is 0.875 bits per heavy atom. The Kier molecular flexibility index (Phi) is 6.88. The predicted molar refractivity (Wildman–Crippen MR) is 124 cm³/mol. The van der Waals surface area contributed by atoms with Crippen LogP contribution >= 0.6 is 0 Å². The van der Waals surface area contributed by atoms with E-state index in [9.17, 15) is 4.79 Å². The fourth-order valence-electron chi connectivity index (χ4n) is 3.07. The molecular weight excluding hydrogens is 408 g/mol. The zero-order valence-corrected chi connectivity index (χ0v) is 19.2. The van der Waals surface area contributed by atoms with Crippen molar-refractivity contribution in [2.24, 2.45) is 0 Å². The SMILES string of the molecule is COc1cc(C(=O)Nc2ccc(Oc3ccc(C(C)(C)C)cc3)nc2)cc(OC)c1OC. The van der Waals surface area contributed by atoms with Gasteiger partial charge in [-0.3, -0.25) is 4.79 Å². The zero-order valence-electron chi connectivity index (χ0n) is 19.2. The maximum absolute atomic E-state index is 12.7. The van der Waals surface area contributed by atoms with Crippen molar-refractivity contribution in [3.05, 3.63) is 65.9 Å². The van der Waals surface area contributed by atoms with Gasteiger partial charge in [0.2, 0.25) is 11.6 Å². The van der Waals surface area contributed by atoms with E-state index in [-0.39, 0.29) is 11.3 Å². The van der Waals surface area contributed by atoms with Crippen LogP contribution in [-0.2, 0) is 5.41 Å². The molecule has 0 aliphatic heterocycles. The van der Waals surface area contributed by atoms with Crippen molar-refractivity contribution >= 4 is 11.6 Å². The van der Waals surface area contributed by atoms with Crippen LogP contribution < -0.4 is 24.3 Å². The average molecular weight is 437 g/mol. The van der Waals surface area contributed by atoms with Gasteiger partial charge in [0, 0.05) is 11.6 Å². The Morgan fingerprint density at radius 3 is 1.97 bits per heavy atom. The summed E-state index contributed by atoms with van der Waals surface area (Å²) >= 11 is 0. The van der Waals surface area contributed by atoms with E-state index < -0.39 is 0 Å². The maximum Gasteiger partial charge on any atom is 0.255 e. The molecule has 168 valence electrons. The highest BCUT2D eigenvalue weighted by atomic mass is 16.5.